The Hall–Kier alpha value is -3.71. The second kappa shape index (κ2) is 7.61. The number of hydrogen-bond acceptors (Lipinski definition) is 5. The number of allylic oxidation sites excluding steroid dienone is 1. The number of amides is 1. The molecule has 0 saturated carbocycles. The second-order valence-electron chi connectivity index (χ2n) is 7.06. The molecular formula is C23H19N5OS. The summed E-state index contributed by atoms with van der Waals surface area (Å²) in [5, 5.41) is 12.6. The van der Waals surface area contributed by atoms with E-state index in [-0.39, 0.29) is 17.9 Å². The van der Waals surface area contributed by atoms with Gasteiger partial charge in [-0.1, -0.05) is 66.2 Å². The van der Waals surface area contributed by atoms with E-state index in [2.05, 4.69) is 70.1 Å². The Labute approximate surface area is 177 Å². The number of nitrogens with one attached hydrogen (secondary N) is 2. The zero-order valence-electron chi connectivity index (χ0n) is 16.2. The van der Waals surface area contributed by atoms with Crippen LogP contribution in [0.5, 0.6) is 0 Å². The maximum absolute atomic E-state index is 12.4. The highest BCUT2D eigenvalue weighted by Crippen LogP contribution is 2.33. The smallest absolute Gasteiger partial charge is 0.268 e. The number of carbonyl (C=O) groups is 1. The highest BCUT2D eigenvalue weighted by molar-refractivity contribution is 7.12. The Balaban J connectivity index is 1.53. The molecule has 1 atom stereocenters. The first-order valence-corrected chi connectivity index (χ1v) is 10.5. The van der Waals surface area contributed by atoms with Crippen molar-refractivity contribution in [3.63, 3.8) is 0 Å². The maximum atomic E-state index is 12.4. The molecule has 3 heterocycles. The average Bonchev–Trinajstić information content (AvgIpc) is 3.44. The van der Waals surface area contributed by atoms with Crippen molar-refractivity contribution in [2.24, 2.45) is 0 Å². The van der Waals surface area contributed by atoms with Crippen LogP contribution in [0.3, 0.4) is 0 Å². The Bertz CT molecular complexity index is 1210. The number of nitrogens with zero attached hydrogens (tertiary/aromatic N) is 3. The predicted molar refractivity (Wildman–Crippen MR) is 120 cm³/mol. The van der Waals surface area contributed by atoms with Gasteiger partial charge in [0, 0.05) is 5.70 Å². The van der Waals surface area contributed by atoms with E-state index in [1.165, 1.54) is 16.9 Å². The van der Waals surface area contributed by atoms with Crippen LogP contribution in [0.1, 0.15) is 32.4 Å². The fourth-order valence-electron chi connectivity index (χ4n) is 3.40. The molecule has 1 amide bonds. The van der Waals surface area contributed by atoms with Crippen molar-refractivity contribution >= 4 is 34.8 Å². The summed E-state index contributed by atoms with van der Waals surface area (Å²) in [4.78, 5) is 17.6. The van der Waals surface area contributed by atoms with E-state index in [1.807, 2.05) is 29.6 Å². The standard InChI is InChI=1S/C23H19N5OS/c1-15-9-11-17(12-10-15)19-14-18(16-6-3-2-4-7-16)24-23-26-22(27-28(19)23)25-21(29)20-8-5-13-30-20/h2-14,19H,1H3,(H2,24,25,26,27,29). The molecule has 0 aliphatic carbocycles. The Morgan fingerprint density at radius 2 is 1.87 bits per heavy atom. The molecule has 1 unspecified atom stereocenters. The van der Waals surface area contributed by atoms with Crippen LogP contribution in [-0.4, -0.2) is 20.7 Å². The lowest BCUT2D eigenvalue weighted by Gasteiger charge is -2.24. The highest BCUT2D eigenvalue weighted by atomic mass is 32.1. The molecule has 7 heteroatoms. The quantitative estimate of drug-likeness (QED) is 0.496. The highest BCUT2D eigenvalue weighted by Gasteiger charge is 2.26. The minimum atomic E-state index is -0.212. The Morgan fingerprint density at radius 3 is 2.60 bits per heavy atom. The summed E-state index contributed by atoms with van der Waals surface area (Å²) in [6.07, 6.45) is 2.13. The first-order chi connectivity index (χ1) is 14.7. The largest absolute Gasteiger partial charge is 0.324 e. The van der Waals surface area contributed by atoms with Gasteiger partial charge in [0.2, 0.25) is 5.95 Å². The summed E-state index contributed by atoms with van der Waals surface area (Å²) in [5.41, 5.74) is 4.31. The fourth-order valence-corrected chi connectivity index (χ4v) is 4.02. The third-order valence-electron chi connectivity index (χ3n) is 4.94. The number of rotatable bonds is 4. The van der Waals surface area contributed by atoms with Gasteiger partial charge in [0.05, 0.1) is 4.88 Å². The lowest BCUT2D eigenvalue weighted by atomic mass is 10.0. The first-order valence-electron chi connectivity index (χ1n) is 9.59. The SMILES string of the molecule is Cc1ccc(C2C=C(c3ccccc3)Nc3nc(NC(=O)c4cccs4)nn32)cc1. The van der Waals surface area contributed by atoms with E-state index in [4.69, 9.17) is 0 Å². The molecule has 148 valence electrons. The normalized spacial score (nSPS) is 15.1. The molecule has 0 saturated heterocycles. The molecule has 4 aromatic rings. The van der Waals surface area contributed by atoms with E-state index in [1.54, 1.807) is 10.7 Å². The zero-order chi connectivity index (χ0) is 20.5. The van der Waals surface area contributed by atoms with Gasteiger partial charge in [-0.2, -0.15) is 4.98 Å². The molecule has 2 aromatic heterocycles. The van der Waals surface area contributed by atoms with Crippen LogP contribution in [-0.2, 0) is 0 Å². The van der Waals surface area contributed by atoms with Gasteiger partial charge in [-0.15, -0.1) is 16.4 Å². The van der Waals surface area contributed by atoms with Crippen LogP contribution in [0.4, 0.5) is 11.9 Å². The monoisotopic (exact) mass is 413 g/mol. The van der Waals surface area contributed by atoms with Crippen LogP contribution in [0.15, 0.2) is 78.2 Å². The van der Waals surface area contributed by atoms with E-state index < -0.39 is 0 Å². The maximum Gasteiger partial charge on any atom is 0.268 e. The summed E-state index contributed by atoms with van der Waals surface area (Å²) in [5.74, 6) is 0.648. The van der Waals surface area contributed by atoms with Crippen molar-refractivity contribution in [1.82, 2.24) is 14.8 Å². The molecule has 6 nitrogen and oxygen atoms in total. The number of hydrogen-bond donors (Lipinski definition) is 2. The molecule has 0 fully saturated rings. The average molecular weight is 414 g/mol. The summed E-state index contributed by atoms with van der Waals surface area (Å²) in [6.45, 7) is 2.07. The number of carbonyl (C=O) groups excluding carboxylic acids is 1. The topological polar surface area (TPSA) is 71.8 Å². The Kier molecular flexibility index (Phi) is 4.65. The van der Waals surface area contributed by atoms with Crippen molar-refractivity contribution < 1.29 is 4.79 Å². The lowest BCUT2D eigenvalue weighted by molar-refractivity contribution is 0.102. The van der Waals surface area contributed by atoms with Crippen LogP contribution in [0, 0.1) is 6.92 Å². The molecule has 0 radical (unpaired) electrons. The molecule has 0 spiro atoms. The van der Waals surface area contributed by atoms with Crippen molar-refractivity contribution in [2.45, 2.75) is 13.0 Å². The van der Waals surface area contributed by atoms with Crippen LogP contribution in [0.25, 0.3) is 5.70 Å². The van der Waals surface area contributed by atoms with Crippen molar-refractivity contribution in [1.29, 1.82) is 0 Å². The molecule has 2 aromatic carbocycles. The third kappa shape index (κ3) is 3.51. The summed E-state index contributed by atoms with van der Waals surface area (Å²) < 4.78 is 1.81. The van der Waals surface area contributed by atoms with Crippen LogP contribution >= 0.6 is 11.3 Å². The van der Waals surface area contributed by atoms with Gasteiger partial charge in [-0.05, 0) is 35.6 Å². The van der Waals surface area contributed by atoms with E-state index >= 15 is 0 Å². The number of benzene rings is 2. The predicted octanol–water partition coefficient (Wildman–Crippen LogP) is 4.96. The van der Waals surface area contributed by atoms with Gasteiger partial charge < -0.3 is 5.32 Å². The van der Waals surface area contributed by atoms with Gasteiger partial charge in [-0.3, -0.25) is 10.1 Å². The summed E-state index contributed by atoms with van der Waals surface area (Å²) in [6, 6.07) is 22.0. The van der Waals surface area contributed by atoms with Crippen molar-refractivity contribution in [3.05, 3.63) is 99.8 Å². The molecule has 1 aliphatic rings. The van der Waals surface area contributed by atoms with Crippen molar-refractivity contribution in [2.75, 3.05) is 10.6 Å². The minimum absolute atomic E-state index is 0.142. The number of anilines is 2. The van der Waals surface area contributed by atoms with E-state index in [0.29, 0.717) is 10.8 Å². The minimum Gasteiger partial charge on any atom is -0.324 e. The molecule has 0 bridgehead atoms. The van der Waals surface area contributed by atoms with Gasteiger partial charge in [0.25, 0.3) is 11.9 Å². The van der Waals surface area contributed by atoms with Gasteiger partial charge in [0.1, 0.15) is 6.04 Å². The number of thiophene rings is 1. The van der Waals surface area contributed by atoms with E-state index in [0.717, 1.165) is 16.8 Å². The molecule has 5 rings (SSSR count). The first kappa shape index (κ1) is 18.3. The van der Waals surface area contributed by atoms with Crippen LogP contribution < -0.4 is 10.6 Å². The van der Waals surface area contributed by atoms with Gasteiger partial charge in [-0.25, -0.2) is 4.68 Å². The zero-order valence-corrected chi connectivity index (χ0v) is 17.1. The fraction of sp³-hybridized carbons (Fsp3) is 0.0870. The van der Waals surface area contributed by atoms with E-state index in [9.17, 15) is 4.79 Å². The van der Waals surface area contributed by atoms with Crippen molar-refractivity contribution in [3.8, 4) is 0 Å². The van der Waals surface area contributed by atoms with Gasteiger partial charge >= 0.3 is 0 Å². The second-order valence-corrected chi connectivity index (χ2v) is 8.01. The summed E-state index contributed by atoms with van der Waals surface area (Å²) in [7, 11) is 0. The number of aromatic nitrogens is 3. The molecule has 30 heavy (non-hydrogen) atoms. The number of aryl methyl sites for hydroxylation is 1. The van der Waals surface area contributed by atoms with Crippen LogP contribution in [0.2, 0.25) is 0 Å². The molecule has 2 N–H and O–H groups in total. The summed E-state index contributed by atoms with van der Waals surface area (Å²) >= 11 is 1.38. The lowest BCUT2D eigenvalue weighted by Crippen LogP contribution is -2.20. The Morgan fingerprint density at radius 1 is 1.07 bits per heavy atom. The third-order valence-corrected chi connectivity index (χ3v) is 5.81. The van der Waals surface area contributed by atoms with Gasteiger partial charge in [0.15, 0.2) is 0 Å². The molecule has 1 aliphatic heterocycles. The number of fused-ring (bicyclic) bond motifs is 1. The molecular weight excluding hydrogens is 394 g/mol.